The molecule has 0 saturated heterocycles. The summed E-state index contributed by atoms with van der Waals surface area (Å²) in [4.78, 5) is 23.1. The van der Waals surface area contributed by atoms with E-state index in [1.54, 1.807) is 12.1 Å². The van der Waals surface area contributed by atoms with Crippen molar-refractivity contribution in [2.24, 2.45) is 17.3 Å². The maximum Gasteiger partial charge on any atom is 0.310 e. The maximum atomic E-state index is 12.6. The Bertz CT molecular complexity index is 777. The zero-order valence-corrected chi connectivity index (χ0v) is 15.0. The Kier molecular flexibility index (Phi) is 4.27. The van der Waals surface area contributed by atoms with E-state index in [-0.39, 0.29) is 34.8 Å². The van der Waals surface area contributed by atoms with Crippen LogP contribution in [0.25, 0.3) is 0 Å². The molecule has 132 valence electrons. The number of nitro benzene ring substituents is 1. The highest BCUT2D eigenvalue weighted by atomic mass is 16.6. The summed E-state index contributed by atoms with van der Waals surface area (Å²) in [7, 11) is 0. The summed E-state index contributed by atoms with van der Waals surface area (Å²) >= 11 is 0. The molecular formula is C20H23NO4. The van der Waals surface area contributed by atoms with Crippen molar-refractivity contribution < 1.29 is 14.5 Å². The van der Waals surface area contributed by atoms with Gasteiger partial charge in [-0.2, -0.15) is 0 Å². The Labute approximate surface area is 147 Å². The number of fused-ring (bicyclic) bond motifs is 1. The van der Waals surface area contributed by atoms with Gasteiger partial charge in [0.15, 0.2) is 0 Å². The van der Waals surface area contributed by atoms with Gasteiger partial charge in [0.1, 0.15) is 0 Å². The minimum atomic E-state index is -0.407. The Morgan fingerprint density at radius 2 is 1.88 bits per heavy atom. The highest BCUT2D eigenvalue weighted by Gasteiger charge is 2.62. The minimum absolute atomic E-state index is 0.0454. The third-order valence-corrected chi connectivity index (χ3v) is 5.56. The highest BCUT2D eigenvalue weighted by molar-refractivity contribution is 5.78. The van der Waals surface area contributed by atoms with Crippen LogP contribution in [0.2, 0.25) is 0 Å². The van der Waals surface area contributed by atoms with E-state index in [1.807, 2.05) is 6.92 Å². The van der Waals surface area contributed by atoms with Gasteiger partial charge in [-0.1, -0.05) is 42.4 Å². The molecule has 0 aliphatic heterocycles. The molecule has 4 atom stereocenters. The van der Waals surface area contributed by atoms with Crippen LogP contribution in [0.1, 0.15) is 39.2 Å². The number of esters is 1. The van der Waals surface area contributed by atoms with E-state index >= 15 is 0 Å². The third-order valence-electron chi connectivity index (χ3n) is 5.56. The molecule has 2 aliphatic carbocycles. The van der Waals surface area contributed by atoms with Gasteiger partial charge in [0, 0.05) is 29.4 Å². The number of rotatable bonds is 4. The number of carbonyl (C=O) groups excluding carboxylic acids is 1. The summed E-state index contributed by atoms with van der Waals surface area (Å²) in [6.07, 6.45) is 4.36. The van der Waals surface area contributed by atoms with Crippen molar-refractivity contribution in [2.75, 3.05) is 6.61 Å². The molecule has 1 saturated carbocycles. The molecule has 0 aromatic heterocycles. The number of hydrogen-bond donors (Lipinski definition) is 0. The average molecular weight is 341 g/mol. The lowest BCUT2D eigenvalue weighted by Crippen LogP contribution is -2.57. The monoisotopic (exact) mass is 341 g/mol. The predicted molar refractivity (Wildman–Crippen MR) is 95.1 cm³/mol. The van der Waals surface area contributed by atoms with E-state index in [0.29, 0.717) is 6.61 Å². The predicted octanol–water partition coefficient (Wildman–Crippen LogP) is 4.40. The highest BCUT2D eigenvalue weighted by Crippen LogP contribution is 2.66. The number of carbonyl (C=O) groups is 1. The molecule has 0 heterocycles. The van der Waals surface area contributed by atoms with Gasteiger partial charge in [0.2, 0.25) is 0 Å². The molecule has 0 N–H and O–H groups in total. The van der Waals surface area contributed by atoms with Crippen LogP contribution in [0.15, 0.2) is 47.6 Å². The van der Waals surface area contributed by atoms with Crippen LogP contribution in [0, 0.1) is 27.4 Å². The van der Waals surface area contributed by atoms with Gasteiger partial charge < -0.3 is 4.74 Å². The summed E-state index contributed by atoms with van der Waals surface area (Å²) < 4.78 is 5.33. The van der Waals surface area contributed by atoms with Crippen LogP contribution in [0.3, 0.4) is 0 Å². The smallest absolute Gasteiger partial charge is 0.310 e. The molecule has 0 amide bonds. The van der Waals surface area contributed by atoms with Crippen molar-refractivity contribution in [3.8, 4) is 0 Å². The van der Waals surface area contributed by atoms with Crippen LogP contribution >= 0.6 is 0 Å². The van der Waals surface area contributed by atoms with Crippen LogP contribution < -0.4 is 0 Å². The van der Waals surface area contributed by atoms with E-state index in [4.69, 9.17) is 4.74 Å². The zero-order chi connectivity index (χ0) is 18.4. The standard InChI is InChI=1S/C20H23NO4/c1-5-25-19(22)16-17-13(3)10-12(2)11-20(17,4)18(16)14-6-8-15(9-7-14)21(23)24/h6-11,16-18H,5H2,1-4H3/t16-,17-,18+,20-/m1/s1. The Morgan fingerprint density at radius 1 is 1.24 bits per heavy atom. The van der Waals surface area contributed by atoms with Gasteiger partial charge in [0.25, 0.3) is 5.69 Å². The van der Waals surface area contributed by atoms with Crippen LogP contribution in [-0.2, 0) is 9.53 Å². The second-order valence-corrected chi connectivity index (χ2v) is 7.22. The fourth-order valence-corrected chi connectivity index (χ4v) is 4.86. The number of non-ortho nitro benzene ring substituents is 1. The number of hydrogen-bond acceptors (Lipinski definition) is 4. The largest absolute Gasteiger partial charge is 0.466 e. The van der Waals surface area contributed by atoms with E-state index < -0.39 is 4.92 Å². The normalized spacial score (nSPS) is 30.5. The van der Waals surface area contributed by atoms with Crippen molar-refractivity contribution in [2.45, 2.75) is 33.6 Å². The maximum absolute atomic E-state index is 12.6. The summed E-state index contributed by atoms with van der Waals surface area (Å²) in [5, 5.41) is 10.9. The van der Waals surface area contributed by atoms with E-state index in [9.17, 15) is 14.9 Å². The molecule has 1 aromatic rings. The molecule has 5 nitrogen and oxygen atoms in total. The number of allylic oxidation sites excluding steroid dienone is 4. The van der Waals surface area contributed by atoms with Gasteiger partial charge >= 0.3 is 5.97 Å². The van der Waals surface area contributed by atoms with E-state index in [0.717, 1.165) is 5.56 Å². The van der Waals surface area contributed by atoms with Crippen molar-refractivity contribution in [3.63, 3.8) is 0 Å². The molecule has 1 fully saturated rings. The van der Waals surface area contributed by atoms with Gasteiger partial charge in [0.05, 0.1) is 17.4 Å². The first kappa shape index (κ1) is 17.4. The summed E-state index contributed by atoms with van der Waals surface area (Å²) in [6, 6.07) is 6.56. The van der Waals surface area contributed by atoms with Crippen molar-refractivity contribution >= 4 is 11.7 Å². The first-order chi connectivity index (χ1) is 11.8. The molecule has 25 heavy (non-hydrogen) atoms. The van der Waals surface area contributed by atoms with Crippen LogP contribution in [0.4, 0.5) is 5.69 Å². The van der Waals surface area contributed by atoms with Crippen LogP contribution in [0.5, 0.6) is 0 Å². The molecule has 3 rings (SSSR count). The molecule has 0 unspecified atom stereocenters. The van der Waals surface area contributed by atoms with E-state index in [1.165, 1.54) is 23.3 Å². The number of benzene rings is 1. The molecule has 1 aromatic carbocycles. The van der Waals surface area contributed by atoms with E-state index in [2.05, 4.69) is 32.9 Å². The second-order valence-electron chi connectivity index (χ2n) is 7.22. The molecule has 2 aliphatic rings. The molecule has 0 bridgehead atoms. The Balaban J connectivity index is 2.03. The lowest BCUT2D eigenvalue weighted by atomic mass is 9.42. The average Bonchev–Trinajstić information content (AvgIpc) is 2.52. The fraction of sp³-hybridized carbons (Fsp3) is 0.450. The van der Waals surface area contributed by atoms with Gasteiger partial charge in [-0.05, 0) is 26.3 Å². The SMILES string of the molecule is CCOC(=O)[C@@H]1[C@H]2C(C)=CC(C)=C[C@@]2(C)[C@H]1c1ccc([N+](=O)[O-])cc1. The van der Waals surface area contributed by atoms with Gasteiger partial charge in [-0.15, -0.1) is 0 Å². The first-order valence-electron chi connectivity index (χ1n) is 8.58. The lowest BCUT2D eigenvalue weighted by molar-refractivity contribution is -0.384. The lowest BCUT2D eigenvalue weighted by Gasteiger charge is -2.60. The Hall–Kier alpha value is -2.43. The summed E-state index contributed by atoms with van der Waals surface area (Å²) in [5.41, 5.74) is 3.20. The quantitative estimate of drug-likeness (QED) is 0.462. The summed E-state index contributed by atoms with van der Waals surface area (Å²) in [6.45, 7) is 8.46. The zero-order valence-electron chi connectivity index (χ0n) is 15.0. The van der Waals surface area contributed by atoms with Crippen molar-refractivity contribution in [1.29, 1.82) is 0 Å². The molecule has 0 spiro atoms. The summed E-state index contributed by atoms with van der Waals surface area (Å²) in [5.74, 6) is -0.382. The molecule has 0 radical (unpaired) electrons. The minimum Gasteiger partial charge on any atom is -0.466 e. The second kappa shape index (κ2) is 6.14. The van der Waals surface area contributed by atoms with Gasteiger partial charge in [-0.25, -0.2) is 0 Å². The number of ether oxygens (including phenoxy) is 1. The number of nitro groups is 1. The van der Waals surface area contributed by atoms with Crippen molar-refractivity contribution in [3.05, 3.63) is 63.2 Å². The number of nitrogens with zero attached hydrogens (tertiary/aromatic N) is 1. The topological polar surface area (TPSA) is 69.4 Å². The van der Waals surface area contributed by atoms with Crippen molar-refractivity contribution in [1.82, 2.24) is 0 Å². The Morgan fingerprint density at radius 3 is 2.44 bits per heavy atom. The molecule has 5 heteroatoms. The fourth-order valence-electron chi connectivity index (χ4n) is 4.86. The molecular weight excluding hydrogens is 318 g/mol. The van der Waals surface area contributed by atoms with Gasteiger partial charge in [-0.3, -0.25) is 14.9 Å². The third kappa shape index (κ3) is 2.68. The van der Waals surface area contributed by atoms with Crippen LogP contribution in [-0.4, -0.2) is 17.5 Å². The first-order valence-corrected chi connectivity index (χ1v) is 8.58.